The van der Waals surface area contributed by atoms with Crippen molar-refractivity contribution in [3.8, 4) is 5.75 Å². The summed E-state index contributed by atoms with van der Waals surface area (Å²) in [7, 11) is -2.27. The predicted molar refractivity (Wildman–Crippen MR) is 76.5 cm³/mol. The average Bonchev–Trinajstić information content (AvgIpc) is 2.45. The summed E-state index contributed by atoms with van der Waals surface area (Å²) in [5.74, 6) is -0.672. The Hall–Kier alpha value is -2.45. The van der Waals surface area contributed by atoms with Crippen LogP contribution in [0, 0.1) is 0 Å². The second-order valence-corrected chi connectivity index (χ2v) is 5.86. The Labute approximate surface area is 121 Å². The van der Waals surface area contributed by atoms with Gasteiger partial charge in [-0.3, -0.25) is 9.78 Å². The standard InChI is InChI=1S/C13H13N3O4S/c1-16(13(18)11-6-7-15-8-12(11)17)9-2-4-10(5-3-9)21(14,19)20/h2-8,17H,1H3,(H2,14,19,20). The lowest BCUT2D eigenvalue weighted by Gasteiger charge is -2.18. The highest BCUT2D eigenvalue weighted by molar-refractivity contribution is 7.89. The van der Waals surface area contributed by atoms with Crippen LogP contribution < -0.4 is 10.0 Å². The number of aromatic nitrogens is 1. The van der Waals surface area contributed by atoms with E-state index in [1.54, 1.807) is 0 Å². The van der Waals surface area contributed by atoms with Crippen molar-refractivity contribution < 1.29 is 18.3 Å². The minimum atomic E-state index is -3.78. The van der Waals surface area contributed by atoms with Gasteiger partial charge in [-0.05, 0) is 30.3 Å². The molecular formula is C13H13N3O4S. The van der Waals surface area contributed by atoms with Crippen molar-refractivity contribution in [3.05, 3.63) is 48.3 Å². The van der Waals surface area contributed by atoms with Gasteiger partial charge in [-0.2, -0.15) is 0 Å². The van der Waals surface area contributed by atoms with E-state index in [2.05, 4.69) is 4.98 Å². The zero-order valence-electron chi connectivity index (χ0n) is 11.1. The van der Waals surface area contributed by atoms with E-state index in [0.29, 0.717) is 5.69 Å². The number of hydrogen-bond acceptors (Lipinski definition) is 5. The third-order valence-corrected chi connectivity index (χ3v) is 3.82. The molecule has 21 heavy (non-hydrogen) atoms. The summed E-state index contributed by atoms with van der Waals surface area (Å²) < 4.78 is 22.3. The lowest BCUT2D eigenvalue weighted by Crippen LogP contribution is -2.26. The van der Waals surface area contributed by atoms with Crippen LogP contribution in [0.15, 0.2) is 47.6 Å². The first-order valence-electron chi connectivity index (χ1n) is 5.84. The molecular weight excluding hydrogens is 294 g/mol. The quantitative estimate of drug-likeness (QED) is 0.867. The fraction of sp³-hybridized carbons (Fsp3) is 0.0769. The number of amides is 1. The maximum Gasteiger partial charge on any atom is 0.261 e. The molecule has 3 N–H and O–H groups in total. The average molecular weight is 307 g/mol. The summed E-state index contributed by atoms with van der Waals surface area (Å²) in [5, 5.41) is 14.6. The molecule has 0 spiro atoms. The fourth-order valence-corrected chi connectivity index (χ4v) is 2.24. The van der Waals surface area contributed by atoms with Gasteiger partial charge >= 0.3 is 0 Å². The van der Waals surface area contributed by atoms with E-state index in [1.165, 1.54) is 54.7 Å². The van der Waals surface area contributed by atoms with Crippen LogP contribution in [0.3, 0.4) is 0 Å². The van der Waals surface area contributed by atoms with Gasteiger partial charge in [0.05, 0.1) is 16.7 Å². The molecule has 1 aromatic heterocycles. The van der Waals surface area contributed by atoms with Crippen LogP contribution >= 0.6 is 0 Å². The Bertz CT molecular complexity index is 772. The molecule has 1 amide bonds. The van der Waals surface area contributed by atoms with Gasteiger partial charge in [0.25, 0.3) is 5.91 Å². The molecule has 0 bridgehead atoms. The van der Waals surface area contributed by atoms with Crippen LogP contribution in [0.4, 0.5) is 5.69 Å². The minimum Gasteiger partial charge on any atom is -0.505 e. The molecule has 0 aliphatic carbocycles. The Kier molecular flexibility index (Phi) is 3.92. The van der Waals surface area contributed by atoms with Crippen molar-refractivity contribution in [3.63, 3.8) is 0 Å². The van der Waals surface area contributed by atoms with E-state index in [1.807, 2.05) is 0 Å². The number of carbonyl (C=O) groups is 1. The van der Waals surface area contributed by atoms with E-state index in [9.17, 15) is 18.3 Å². The van der Waals surface area contributed by atoms with E-state index in [4.69, 9.17) is 5.14 Å². The monoisotopic (exact) mass is 307 g/mol. The van der Waals surface area contributed by atoms with Crippen LogP contribution in [0.5, 0.6) is 5.75 Å². The molecule has 8 heteroatoms. The van der Waals surface area contributed by atoms with Crippen LogP contribution in [-0.2, 0) is 10.0 Å². The van der Waals surface area contributed by atoms with Crippen molar-refractivity contribution in [2.45, 2.75) is 4.90 Å². The number of primary sulfonamides is 1. The van der Waals surface area contributed by atoms with E-state index >= 15 is 0 Å². The lowest BCUT2D eigenvalue weighted by atomic mass is 10.2. The van der Waals surface area contributed by atoms with Crippen LogP contribution in [0.25, 0.3) is 0 Å². The third kappa shape index (κ3) is 3.18. The van der Waals surface area contributed by atoms with Crippen LogP contribution in [0.2, 0.25) is 0 Å². The maximum atomic E-state index is 12.2. The zero-order valence-corrected chi connectivity index (χ0v) is 11.9. The number of carbonyl (C=O) groups excluding carboxylic acids is 1. The van der Waals surface area contributed by atoms with E-state index in [0.717, 1.165) is 0 Å². The highest BCUT2D eigenvalue weighted by Gasteiger charge is 2.17. The normalized spacial score (nSPS) is 11.1. The summed E-state index contributed by atoms with van der Waals surface area (Å²) in [6, 6.07) is 6.92. The van der Waals surface area contributed by atoms with Crippen molar-refractivity contribution in [1.29, 1.82) is 0 Å². The third-order valence-electron chi connectivity index (χ3n) is 2.89. The molecule has 0 unspecified atom stereocenters. The zero-order chi connectivity index (χ0) is 15.6. The molecule has 0 saturated heterocycles. The molecule has 1 aromatic carbocycles. The number of nitrogens with zero attached hydrogens (tertiary/aromatic N) is 2. The van der Waals surface area contributed by atoms with Gasteiger partial charge in [-0.15, -0.1) is 0 Å². The number of benzene rings is 1. The first-order valence-corrected chi connectivity index (χ1v) is 7.39. The number of hydrogen-bond donors (Lipinski definition) is 2. The highest BCUT2D eigenvalue weighted by Crippen LogP contribution is 2.21. The van der Waals surface area contributed by atoms with Gasteiger partial charge in [0.15, 0.2) is 0 Å². The SMILES string of the molecule is CN(C(=O)c1ccncc1O)c1ccc(S(N)(=O)=O)cc1. The molecule has 0 aliphatic heterocycles. The summed E-state index contributed by atoms with van der Waals surface area (Å²) >= 11 is 0. The molecule has 0 aliphatic rings. The largest absolute Gasteiger partial charge is 0.505 e. The molecule has 0 atom stereocenters. The summed E-state index contributed by atoms with van der Waals surface area (Å²) in [4.78, 5) is 17.2. The summed E-state index contributed by atoms with van der Waals surface area (Å²) in [5.41, 5.74) is 0.562. The second kappa shape index (κ2) is 5.51. The van der Waals surface area contributed by atoms with Crippen molar-refractivity contribution >= 4 is 21.6 Å². The van der Waals surface area contributed by atoms with E-state index in [-0.39, 0.29) is 16.2 Å². The molecule has 0 fully saturated rings. The van der Waals surface area contributed by atoms with Gasteiger partial charge in [0.2, 0.25) is 10.0 Å². The Balaban J connectivity index is 2.30. The van der Waals surface area contributed by atoms with Crippen molar-refractivity contribution in [2.24, 2.45) is 5.14 Å². The Morgan fingerprint density at radius 2 is 1.86 bits per heavy atom. The van der Waals surface area contributed by atoms with Crippen molar-refractivity contribution in [2.75, 3.05) is 11.9 Å². The van der Waals surface area contributed by atoms with Crippen LogP contribution in [-0.4, -0.2) is 31.5 Å². The number of nitrogens with two attached hydrogens (primary N) is 1. The Morgan fingerprint density at radius 1 is 1.24 bits per heavy atom. The molecule has 7 nitrogen and oxygen atoms in total. The number of sulfonamides is 1. The molecule has 2 aromatic rings. The van der Waals surface area contributed by atoms with Gasteiger partial charge in [0.1, 0.15) is 5.75 Å². The van der Waals surface area contributed by atoms with Gasteiger partial charge in [-0.1, -0.05) is 0 Å². The summed E-state index contributed by atoms with van der Waals surface area (Å²) in [6.45, 7) is 0. The predicted octanol–water partition coefficient (Wildman–Crippen LogP) is 0.711. The smallest absolute Gasteiger partial charge is 0.261 e. The lowest BCUT2D eigenvalue weighted by molar-refractivity contribution is 0.0990. The first kappa shape index (κ1) is 14.9. The minimum absolute atomic E-state index is 0.0427. The van der Waals surface area contributed by atoms with Crippen molar-refractivity contribution in [1.82, 2.24) is 4.98 Å². The molecule has 1 heterocycles. The highest BCUT2D eigenvalue weighted by atomic mass is 32.2. The molecule has 2 rings (SSSR count). The fourth-order valence-electron chi connectivity index (χ4n) is 1.72. The number of aromatic hydroxyl groups is 1. The summed E-state index contributed by atoms with van der Waals surface area (Å²) in [6.07, 6.45) is 2.57. The maximum absolute atomic E-state index is 12.2. The van der Waals surface area contributed by atoms with Crippen LogP contribution in [0.1, 0.15) is 10.4 Å². The molecule has 110 valence electrons. The molecule has 0 radical (unpaired) electrons. The number of rotatable bonds is 3. The first-order chi connectivity index (χ1) is 9.80. The Morgan fingerprint density at radius 3 is 2.38 bits per heavy atom. The van der Waals surface area contributed by atoms with Gasteiger partial charge in [-0.25, -0.2) is 13.6 Å². The second-order valence-electron chi connectivity index (χ2n) is 4.30. The topological polar surface area (TPSA) is 114 Å². The number of pyridine rings is 1. The molecule has 0 saturated carbocycles. The van der Waals surface area contributed by atoms with Gasteiger partial charge < -0.3 is 10.0 Å². The van der Waals surface area contributed by atoms with Gasteiger partial charge in [0, 0.05) is 18.9 Å². The number of anilines is 1. The van der Waals surface area contributed by atoms with E-state index < -0.39 is 15.9 Å².